The summed E-state index contributed by atoms with van der Waals surface area (Å²) >= 11 is 0. The van der Waals surface area contributed by atoms with Crippen LogP contribution in [0, 0.1) is 6.92 Å². The molecule has 1 heterocycles. The maximum Gasteiger partial charge on any atom is 0.495 e. The van der Waals surface area contributed by atoms with Gasteiger partial charge in [-0.2, -0.15) is 0 Å². The van der Waals surface area contributed by atoms with Crippen molar-refractivity contribution in [2.45, 2.75) is 65.8 Å². The molecule has 0 spiro atoms. The number of hydrogen-bond acceptors (Lipinski definition) is 5. The van der Waals surface area contributed by atoms with Crippen LogP contribution in [-0.2, 0) is 18.8 Å². The van der Waals surface area contributed by atoms with Gasteiger partial charge in [0, 0.05) is 0 Å². The van der Waals surface area contributed by atoms with E-state index < -0.39 is 24.4 Å². The van der Waals surface area contributed by atoms with E-state index in [2.05, 4.69) is 0 Å². The predicted molar refractivity (Wildman–Crippen MR) is 93.6 cm³/mol. The van der Waals surface area contributed by atoms with Crippen molar-refractivity contribution in [3.63, 3.8) is 0 Å². The van der Waals surface area contributed by atoms with Gasteiger partial charge in [0.25, 0.3) is 0 Å². The molecular formula is C18H27BO5. The summed E-state index contributed by atoms with van der Waals surface area (Å²) in [7, 11) is -0.462. The fourth-order valence-electron chi connectivity index (χ4n) is 2.48. The summed E-state index contributed by atoms with van der Waals surface area (Å²) in [6.07, 6.45) is -0.669. The van der Waals surface area contributed by atoms with Crippen LogP contribution in [0.1, 0.15) is 47.1 Å². The van der Waals surface area contributed by atoms with Crippen molar-refractivity contribution in [1.82, 2.24) is 0 Å². The Morgan fingerprint density at radius 2 is 1.79 bits per heavy atom. The molecule has 1 atom stereocenters. The van der Waals surface area contributed by atoms with Crippen LogP contribution in [0.4, 0.5) is 0 Å². The van der Waals surface area contributed by atoms with Crippen LogP contribution >= 0.6 is 0 Å². The molecule has 2 rings (SSSR count). The second-order valence-electron chi connectivity index (χ2n) is 7.07. The van der Waals surface area contributed by atoms with Gasteiger partial charge in [-0.3, -0.25) is 0 Å². The standard InChI is InChI=1S/C18H27BO5/c1-8-21-16(20)13(3)22-15-11-9-10-14(12(15)2)19-23-17(4,5)18(6,7)24-19/h9-11,13H,8H2,1-7H3. The summed E-state index contributed by atoms with van der Waals surface area (Å²) in [6, 6.07) is 5.67. The lowest BCUT2D eigenvalue weighted by Gasteiger charge is -2.32. The van der Waals surface area contributed by atoms with E-state index in [1.54, 1.807) is 13.8 Å². The van der Waals surface area contributed by atoms with Crippen molar-refractivity contribution >= 4 is 18.6 Å². The molecule has 1 aromatic carbocycles. The highest BCUT2D eigenvalue weighted by molar-refractivity contribution is 6.62. The zero-order valence-corrected chi connectivity index (χ0v) is 15.6. The fourth-order valence-corrected chi connectivity index (χ4v) is 2.48. The maximum atomic E-state index is 11.8. The summed E-state index contributed by atoms with van der Waals surface area (Å²) in [5.74, 6) is 0.251. The molecule has 0 aliphatic carbocycles. The Morgan fingerprint density at radius 1 is 1.21 bits per heavy atom. The van der Waals surface area contributed by atoms with Gasteiger partial charge in [-0.25, -0.2) is 4.79 Å². The minimum Gasteiger partial charge on any atom is -0.479 e. The van der Waals surface area contributed by atoms with E-state index >= 15 is 0 Å². The second-order valence-corrected chi connectivity index (χ2v) is 7.07. The summed E-state index contributed by atoms with van der Waals surface area (Å²) in [5.41, 5.74) is 0.993. The lowest BCUT2D eigenvalue weighted by atomic mass is 9.76. The van der Waals surface area contributed by atoms with Crippen LogP contribution < -0.4 is 10.2 Å². The molecule has 1 fully saturated rings. The molecule has 1 aliphatic rings. The number of carbonyl (C=O) groups excluding carboxylic acids is 1. The Kier molecular flexibility index (Phi) is 5.30. The summed E-state index contributed by atoms with van der Waals surface area (Å²) in [6.45, 7) is 13.8. The van der Waals surface area contributed by atoms with Gasteiger partial charge >= 0.3 is 13.1 Å². The van der Waals surface area contributed by atoms with E-state index in [0.29, 0.717) is 12.4 Å². The molecule has 0 bridgehead atoms. The highest BCUT2D eigenvalue weighted by atomic mass is 16.7. The molecule has 1 saturated heterocycles. The molecule has 0 radical (unpaired) electrons. The third kappa shape index (κ3) is 3.60. The lowest BCUT2D eigenvalue weighted by Crippen LogP contribution is -2.41. The first kappa shape index (κ1) is 18.8. The van der Waals surface area contributed by atoms with Crippen LogP contribution in [0.2, 0.25) is 0 Å². The van der Waals surface area contributed by atoms with Crippen molar-refractivity contribution in [3.8, 4) is 5.75 Å². The van der Waals surface area contributed by atoms with Gasteiger partial charge in [0.15, 0.2) is 6.10 Å². The number of esters is 1. The zero-order valence-electron chi connectivity index (χ0n) is 15.6. The minimum atomic E-state index is -0.669. The Morgan fingerprint density at radius 3 is 2.33 bits per heavy atom. The molecule has 0 N–H and O–H groups in total. The van der Waals surface area contributed by atoms with Crippen LogP contribution in [0.5, 0.6) is 5.75 Å². The van der Waals surface area contributed by atoms with Gasteiger partial charge in [0.1, 0.15) is 5.75 Å². The van der Waals surface area contributed by atoms with E-state index in [9.17, 15) is 4.79 Å². The second kappa shape index (κ2) is 6.77. The molecular weight excluding hydrogens is 307 g/mol. The molecule has 1 aromatic rings. The Balaban J connectivity index is 2.22. The van der Waals surface area contributed by atoms with Gasteiger partial charge < -0.3 is 18.8 Å². The van der Waals surface area contributed by atoms with Gasteiger partial charge in [-0.05, 0) is 65.6 Å². The molecule has 1 aliphatic heterocycles. The van der Waals surface area contributed by atoms with E-state index in [4.69, 9.17) is 18.8 Å². The third-order valence-corrected chi connectivity index (χ3v) is 4.76. The third-order valence-electron chi connectivity index (χ3n) is 4.76. The molecule has 0 amide bonds. The molecule has 0 saturated carbocycles. The topological polar surface area (TPSA) is 54.0 Å². The Hall–Kier alpha value is -1.53. The van der Waals surface area contributed by atoms with E-state index in [1.807, 2.05) is 52.8 Å². The highest BCUT2D eigenvalue weighted by Crippen LogP contribution is 2.37. The molecule has 1 unspecified atom stereocenters. The molecule has 132 valence electrons. The first-order valence-electron chi connectivity index (χ1n) is 8.37. The number of ether oxygens (including phenoxy) is 2. The zero-order chi connectivity index (χ0) is 18.1. The van der Waals surface area contributed by atoms with E-state index in [1.165, 1.54) is 0 Å². The SMILES string of the molecule is CCOC(=O)C(C)Oc1cccc(B2OC(C)(C)C(C)(C)O2)c1C. The van der Waals surface area contributed by atoms with Crippen LogP contribution in [0.25, 0.3) is 0 Å². The normalized spacial score (nSPS) is 19.9. The molecule has 24 heavy (non-hydrogen) atoms. The van der Waals surface area contributed by atoms with Gasteiger partial charge in [-0.1, -0.05) is 12.1 Å². The van der Waals surface area contributed by atoms with Crippen molar-refractivity contribution < 1.29 is 23.6 Å². The lowest BCUT2D eigenvalue weighted by molar-refractivity contribution is -0.150. The predicted octanol–water partition coefficient (Wildman–Crippen LogP) is 2.62. The monoisotopic (exact) mass is 334 g/mol. The van der Waals surface area contributed by atoms with Gasteiger partial charge in [0.05, 0.1) is 17.8 Å². The van der Waals surface area contributed by atoms with Crippen LogP contribution in [0.15, 0.2) is 18.2 Å². The first-order valence-corrected chi connectivity index (χ1v) is 8.37. The number of carbonyl (C=O) groups is 1. The minimum absolute atomic E-state index is 0.333. The largest absolute Gasteiger partial charge is 0.495 e. The Labute approximate surface area is 144 Å². The van der Waals surface area contributed by atoms with E-state index in [0.717, 1.165) is 11.0 Å². The average Bonchev–Trinajstić information content (AvgIpc) is 2.69. The average molecular weight is 334 g/mol. The quantitative estimate of drug-likeness (QED) is 0.612. The summed E-state index contributed by atoms with van der Waals surface area (Å²) in [4.78, 5) is 11.8. The number of rotatable bonds is 5. The smallest absolute Gasteiger partial charge is 0.479 e. The number of benzene rings is 1. The first-order chi connectivity index (χ1) is 11.1. The van der Waals surface area contributed by atoms with Gasteiger partial charge in [-0.15, -0.1) is 0 Å². The molecule has 0 aromatic heterocycles. The van der Waals surface area contributed by atoms with E-state index in [-0.39, 0.29) is 5.97 Å². The highest BCUT2D eigenvalue weighted by Gasteiger charge is 2.52. The van der Waals surface area contributed by atoms with Crippen LogP contribution in [-0.4, -0.2) is 37.0 Å². The van der Waals surface area contributed by atoms with Crippen molar-refractivity contribution in [3.05, 3.63) is 23.8 Å². The Bertz CT molecular complexity index is 595. The summed E-state index contributed by atoms with van der Waals surface area (Å²) in [5, 5.41) is 0. The summed E-state index contributed by atoms with van der Waals surface area (Å²) < 4.78 is 23.0. The molecule has 6 heteroatoms. The number of hydrogen-bond donors (Lipinski definition) is 0. The fraction of sp³-hybridized carbons (Fsp3) is 0.611. The van der Waals surface area contributed by atoms with Gasteiger partial charge in [0.2, 0.25) is 0 Å². The van der Waals surface area contributed by atoms with Crippen molar-refractivity contribution in [1.29, 1.82) is 0 Å². The van der Waals surface area contributed by atoms with Crippen molar-refractivity contribution in [2.24, 2.45) is 0 Å². The van der Waals surface area contributed by atoms with Crippen molar-refractivity contribution in [2.75, 3.05) is 6.61 Å². The van der Waals surface area contributed by atoms with Crippen LogP contribution in [0.3, 0.4) is 0 Å². The maximum absolute atomic E-state index is 11.8. The molecule has 5 nitrogen and oxygen atoms in total.